The van der Waals surface area contributed by atoms with E-state index < -0.39 is 0 Å². The average molecular weight is 874 g/mol. The molecule has 3 nitrogen and oxygen atoms in total. The van der Waals surface area contributed by atoms with Crippen LogP contribution in [0.1, 0.15) is 27.8 Å². The first-order chi connectivity index (χ1) is 26.1. The Kier molecular flexibility index (Phi) is 11.7. The monoisotopic (exact) mass is 874 g/mol. The third-order valence-electron chi connectivity index (χ3n) is 9.72. The van der Waals surface area contributed by atoms with Gasteiger partial charge in [0.25, 0.3) is 0 Å². The first-order valence-corrected chi connectivity index (χ1v) is 18.2. The summed E-state index contributed by atoms with van der Waals surface area (Å²) in [5.41, 5.74) is 17.0. The third kappa shape index (κ3) is 8.86. The van der Waals surface area contributed by atoms with Gasteiger partial charge in [0.05, 0.1) is 5.69 Å². The maximum absolute atomic E-state index is 4.86. The molecule has 0 aliphatic carbocycles. The van der Waals surface area contributed by atoms with Crippen molar-refractivity contribution in [2.24, 2.45) is 0 Å². The molecular weight excluding hydrogens is 835 g/mol. The Morgan fingerprint density at radius 3 is 1.57 bits per heavy atom. The van der Waals surface area contributed by atoms with Crippen LogP contribution in [0.4, 0.5) is 0 Å². The Bertz CT molecular complexity index is 2300. The molecule has 0 N–H and O–H groups in total. The van der Waals surface area contributed by atoms with Crippen LogP contribution in [0.5, 0.6) is 0 Å². The maximum atomic E-state index is 4.86. The fraction of sp³-hybridized carbons (Fsp3) is 0.100. The maximum Gasteiger partial charge on any atom is 0.0702 e. The van der Waals surface area contributed by atoms with E-state index in [1.165, 1.54) is 44.5 Å². The Balaban J connectivity index is 0.00000450. The van der Waals surface area contributed by atoms with Crippen LogP contribution in [0, 0.1) is 19.1 Å². The Labute approximate surface area is 332 Å². The van der Waals surface area contributed by atoms with E-state index in [0.29, 0.717) is 0 Å². The average Bonchev–Trinajstić information content (AvgIpc) is 3.23. The molecule has 5 aromatic carbocycles. The molecule has 0 aliphatic heterocycles. The molecule has 8 aromatic rings. The summed E-state index contributed by atoms with van der Waals surface area (Å²) >= 11 is 0. The van der Waals surface area contributed by atoms with E-state index >= 15 is 0 Å². The van der Waals surface area contributed by atoms with E-state index in [1.54, 1.807) is 0 Å². The first-order valence-electron chi connectivity index (χ1n) is 18.2. The van der Waals surface area contributed by atoms with E-state index in [0.717, 1.165) is 65.0 Å². The van der Waals surface area contributed by atoms with E-state index in [-0.39, 0.29) is 20.1 Å². The van der Waals surface area contributed by atoms with Crippen molar-refractivity contribution >= 4 is 0 Å². The van der Waals surface area contributed by atoms with Crippen molar-refractivity contribution in [3.63, 3.8) is 0 Å². The van der Waals surface area contributed by atoms with Crippen molar-refractivity contribution in [2.45, 2.75) is 32.6 Å². The number of aromatic nitrogens is 3. The number of hydrogen-bond donors (Lipinski definition) is 0. The van der Waals surface area contributed by atoms with Crippen LogP contribution in [-0.4, -0.2) is 15.0 Å². The summed E-state index contributed by atoms with van der Waals surface area (Å²) in [6, 6.07) is 59.9. The number of benzene rings is 5. The minimum absolute atomic E-state index is 0. The molecule has 0 saturated heterocycles. The number of aryl methyl sites for hydroxylation is 5. The zero-order valence-electron chi connectivity index (χ0n) is 30.2. The summed E-state index contributed by atoms with van der Waals surface area (Å²) in [4.78, 5) is 14.4. The second-order valence-electron chi connectivity index (χ2n) is 13.5. The van der Waals surface area contributed by atoms with Crippen LogP contribution in [0.2, 0.25) is 0 Å². The molecule has 4 heteroatoms. The standard InChI is InChI=1S/C50H39N3.Ir/c1-36-16-24-43(25-17-36)50-29-26-44(35-53-50)46-14-8-9-15-47(46)45-31-39(20-18-37-22-27-48(51-33-37)41-10-4-2-5-11-41)30-40(32-45)21-19-38-23-28-49(52-34-38)42-12-6-3-7-13-42;/h2-12,14-17,22-24,26-35H,18-21H2,1H3;/q-2;. The van der Waals surface area contributed by atoms with Gasteiger partial charge in [-0.05, 0) is 87.6 Å². The molecular formula is C50H39IrN3-2. The summed E-state index contributed by atoms with van der Waals surface area (Å²) in [6.07, 6.45) is 9.67. The van der Waals surface area contributed by atoms with Gasteiger partial charge in [-0.2, -0.15) is 0 Å². The van der Waals surface area contributed by atoms with Crippen LogP contribution in [0.15, 0.2) is 170 Å². The van der Waals surface area contributed by atoms with Gasteiger partial charge in [-0.3, -0.25) is 4.98 Å². The Morgan fingerprint density at radius 2 is 1.00 bits per heavy atom. The summed E-state index contributed by atoms with van der Waals surface area (Å²) in [6.45, 7) is 2.08. The molecule has 0 amide bonds. The molecule has 3 aromatic heterocycles. The van der Waals surface area contributed by atoms with Gasteiger partial charge in [-0.25, -0.2) is 0 Å². The van der Waals surface area contributed by atoms with Crippen LogP contribution < -0.4 is 0 Å². The molecule has 0 bridgehead atoms. The molecule has 0 aliphatic rings. The van der Waals surface area contributed by atoms with E-state index in [9.17, 15) is 0 Å². The predicted molar refractivity (Wildman–Crippen MR) is 217 cm³/mol. The van der Waals surface area contributed by atoms with Crippen LogP contribution in [-0.2, 0) is 45.8 Å². The molecule has 0 unspecified atom stereocenters. The van der Waals surface area contributed by atoms with Gasteiger partial charge >= 0.3 is 0 Å². The van der Waals surface area contributed by atoms with E-state index in [2.05, 4.69) is 134 Å². The van der Waals surface area contributed by atoms with E-state index in [4.69, 9.17) is 15.0 Å². The van der Waals surface area contributed by atoms with Gasteiger partial charge in [0.1, 0.15) is 0 Å². The molecule has 0 fully saturated rings. The second-order valence-corrected chi connectivity index (χ2v) is 13.5. The Hall–Kier alpha value is -5.80. The van der Waals surface area contributed by atoms with Crippen molar-refractivity contribution in [3.05, 3.63) is 210 Å². The van der Waals surface area contributed by atoms with E-state index in [1.807, 2.05) is 55.0 Å². The molecule has 265 valence electrons. The van der Waals surface area contributed by atoms with Gasteiger partial charge in [-0.1, -0.05) is 110 Å². The van der Waals surface area contributed by atoms with Crippen molar-refractivity contribution < 1.29 is 20.1 Å². The molecule has 0 saturated carbocycles. The summed E-state index contributed by atoms with van der Waals surface area (Å²) in [7, 11) is 0. The third-order valence-corrected chi connectivity index (χ3v) is 9.72. The number of rotatable bonds is 11. The summed E-state index contributed by atoms with van der Waals surface area (Å²) in [5, 5.41) is 0. The van der Waals surface area contributed by atoms with Gasteiger partial charge in [0.15, 0.2) is 0 Å². The normalized spacial score (nSPS) is 10.8. The first kappa shape index (κ1) is 36.6. The van der Waals surface area contributed by atoms with Crippen molar-refractivity contribution in [1.82, 2.24) is 15.0 Å². The number of pyridine rings is 3. The molecule has 1 radical (unpaired) electrons. The minimum Gasteiger partial charge on any atom is -0.304 e. The van der Waals surface area contributed by atoms with Gasteiger partial charge in [-0.15, -0.1) is 71.3 Å². The smallest absolute Gasteiger partial charge is 0.0702 e. The van der Waals surface area contributed by atoms with Crippen LogP contribution in [0.25, 0.3) is 56.0 Å². The zero-order chi connectivity index (χ0) is 35.8. The molecule has 0 atom stereocenters. The zero-order valence-corrected chi connectivity index (χ0v) is 32.6. The topological polar surface area (TPSA) is 38.7 Å². The molecule has 54 heavy (non-hydrogen) atoms. The summed E-state index contributed by atoms with van der Waals surface area (Å²) in [5.74, 6) is 0. The van der Waals surface area contributed by atoms with Gasteiger partial charge < -0.3 is 9.97 Å². The predicted octanol–water partition coefficient (Wildman–Crippen LogP) is 11.7. The molecule has 8 rings (SSSR count). The van der Waals surface area contributed by atoms with Crippen molar-refractivity contribution in [2.75, 3.05) is 0 Å². The molecule has 3 heterocycles. The van der Waals surface area contributed by atoms with Crippen molar-refractivity contribution in [1.29, 1.82) is 0 Å². The minimum atomic E-state index is 0. The SMILES string of the molecule is Cc1c[c-]c(-c2ccc(-c3ccccc3-c3cc(CCc4ccc(-c5[c-]cccc5)nc4)cc(CCc4ccc(-c5ccccc5)nc4)c3)cn2)cc1.[Ir]. The second kappa shape index (κ2) is 17.4. The molecule has 0 spiro atoms. The summed E-state index contributed by atoms with van der Waals surface area (Å²) < 4.78 is 0. The fourth-order valence-corrected chi connectivity index (χ4v) is 6.78. The number of nitrogens with zero attached hydrogens (tertiary/aromatic N) is 3. The number of hydrogen-bond acceptors (Lipinski definition) is 3. The Morgan fingerprint density at radius 1 is 0.426 bits per heavy atom. The largest absolute Gasteiger partial charge is 0.304 e. The van der Waals surface area contributed by atoms with Crippen molar-refractivity contribution in [3.8, 4) is 56.0 Å². The van der Waals surface area contributed by atoms with Crippen LogP contribution >= 0.6 is 0 Å². The quantitative estimate of drug-likeness (QED) is 0.122. The van der Waals surface area contributed by atoms with Gasteiger partial charge in [0, 0.05) is 44.3 Å². The van der Waals surface area contributed by atoms with Crippen LogP contribution in [0.3, 0.4) is 0 Å². The fourth-order valence-electron chi connectivity index (χ4n) is 6.78. The van der Waals surface area contributed by atoms with Gasteiger partial charge in [0.2, 0.25) is 0 Å².